The number of carbonyl (C=O) groups is 1. The van der Waals surface area contributed by atoms with Gasteiger partial charge in [0.25, 0.3) is 0 Å². The number of hydrogen-bond acceptors (Lipinski definition) is 5. The Balaban J connectivity index is 2.08. The summed E-state index contributed by atoms with van der Waals surface area (Å²) in [7, 11) is 4.59. The lowest BCUT2D eigenvalue weighted by Gasteiger charge is -2.18. The normalized spacial score (nSPS) is 10.7. The predicted octanol–water partition coefficient (Wildman–Crippen LogP) is 4.28. The van der Waals surface area contributed by atoms with Gasteiger partial charge in [-0.3, -0.25) is 0 Å². The number of hydrogen-bond donors (Lipinski definition) is 1. The molecule has 0 bridgehead atoms. The van der Waals surface area contributed by atoms with Gasteiger partial charge in [0.2, 0.25) is 5.75 Å². The SMILES string of the molecule is COc1cc2cc(C(=O)O)cc(COCc3ccccc3)c2c(OC)c1OC. The average Bonchev–Trinajstić information content (AvgIpc) is 2.72. The fourth-order valence-electron chi connectivity index (χ4n) is 3.18. The van der Waals surface area contributed by atoms with Gasteiger partial charge in [-0.15, -0.1) is 0 Å². The second-order valence-corrected chi connectivity index (χ2v) is 6.16. The number of benzene rings is 3. The van der Waals surface area contributed by atoms with Gasteiger partial charge in [0.1, 0.15) is 0 Å². The van der Waals surface area contributed by atoms with Gasteiger partial charge in [-0.05, 0) is 34.7 Å². The Morgan fingerprint density at radius 3 is 2.21 bits per heavy atom. The highest BCUT2D eigenvalue weighted by Crippen LogP contribution is 2.45. The van der Waals surface area contributed by atoms with E-state index >= 15 is 0 Å². The Bertz CT molecular complexity index is 981. The lowest BCUT2D eigenvalue weighted by molar-refractivity contribution is 0.0696. The molecular formula is C22H22O6. The molecule has 0 atom stereocenters. The maximum Gasteiger partial charge on any atom is 0.335 e. The molecule has 0 spiro atoms. The minimum atomic E-state index is -1.01. The molecule has 1 N–H and O–H groups in total. The predicted molar refractivity (Wildman–Crippen MR) is 105 cm³/mol. The Kier molecular flexibility index (Phi) is 6.01. The average molecular weight is 382 g/mol. The smallest absolute Gasteiger partial charge is 0.335 e. The topological polar surface area (TPSA) is 74.2 Å². The minimum absolute atomic E-state index is 0.167. The molecule has 0 aliphatic carbocycles. The number of carboxylic acids is 1. The van der Waals surface area contributed by atoms with E-state index in [-0.39, 0.29) is 12.2 Å². The van der Waals surface area contributed by atoms with Crippen molar-refractivity contribution >= 4 is 16.7 Å². The highest BCUT2D eigenvalue weighted by Gasteiger charge is 2.20. The summed E-state index contributed by atoms with van der Waals surface area (Å²) in [4.78, 5) is 11.6. The molecule has 0 fully saturated rings. The molecule has 0 saturated heterocycles. The van der Waals surface area contributed by atoms with E-state index in [2.05, 4.69) is 0 Å². The Labute approximate surface area is 163 Å². The van der Waals surface area contributed by atoms with Crippen LogP contribution in [0.3, 0.4) is 0 Å². The summed E-state index contributed by atoms with van der Waals surface area (Å²) in [6.45, 7) is 0.633. The van der Waals surface area contributed by atoms with Gasteiger partial charge in [0.15, 0.2) is 11.5 Å². The summed E-state index contributed by atoms with van der Waals surface area (Å²) >= 11 is 0. The van der Waals surface area contributed by atoms with Gasteiger partial charge in [-0.25, -0.2) is 4.79 Å². The van der Waals surface area contributed by atoms with E-state index < -0.39 is 5.97 Å². The van der Waals surface area contributed by atoms with Gasteiger partial charge in [0.05, 0.1) is 40.1 Å². The van der Waals surface area contributed by atoms with Crippen LogP contribution in [-0.2, 0) is 18.0 Å². The van der Waals surface area contributed by atoms with Crippen LogP contribution in [0.5, 0.6) is 17.2 Å². The van der Waals surface area contributed by atoms with Crippen molar-refractivity contribution in [3.05, 3.63) is 65.2 Å². The molecule has 0 unspecified atom stereocenters. The summed E-state index contributed by atoms with van der Waals surface area (Å²) in [6.07, 6.45) is 0. The minimum Gasteiger partial charge on any atom is -0.493 e. The molecule has 0 aliphatic rings. The lowest BCUT2D eigenvalue weighted by atomic mass is 9.99. The van der Waals surface area contributed by atoms with Crippen LogP contribution in [0.15, 0.2) is 48.5 Å². The van der Waals surface area contributed by atoms with Crippen molar-refractivity contribution in [1.82, 2.24) is 0 Å². The Morgan fingerprint density at radius 2 is 1.61 bits per heavy atom. The first-order valence-corrected chi connectivity index (χ1v) is 8.69. The lowest BCUT2D eigenvalue weighted by Crippen LogP contribution is -2.03. The summed E-state index contributed by atoms with van der Waals surface area (Å²) < 4.78 is 22.3. The number of ether oxygens (including phenoxy) is 4. The second-order valence-electron chi connectivity index (χ2n) is 6.16. The third-order valence-electron chi connectivity index (χ3n) is 4.44. The van der Waals surface area contributed by atoms with E-state index in [1.807, 2.05) is 30.3 Å². The van der Waals surface area contributed by atoms with Crippen LogP contribution in [0, 0.1) is 0 Å². The van der Waals surface area contributed by atoms with E-state index in [9.17, 15) is 9.90 Å². The van der Waals surface area contributed by atoms with Crippen molar-refractivity contribution in [3.8, 4) is 17.2 Å². The highest BCUT2D eigenvalue weighted by molar-refractivity contribution is 6.00. The molecule has 0 aromatic heterocycles. The number of methoxy groups -OCH3 is 3. The standard InChI is InChI=1S/C22H22O6/c1-25-18-11-15-9-16(22(23)24)10-17(19(15)21(27-3)20(18)26-2)13-28-12-14-7-5-4-6-8-14/h4-11H,12-13H2,1-3H3,(H,23,24). The quantitative estimate of drug-likeness (QED) is 0.627. The molecule has 6 heteroatoms. The fourth-order valence-corrected chi connectivity index (χ4v) is 3.18. The van der Waals surface area contributed by atoms with Crippen LogP contribution in [-0.4, -0.2) is 32.4 Å². The third-order valence-corrected chi connectivity index (χ3v) is 4.44. The van der Waals surface area contributed by atoms with Crippen molar-refractivity contribution in [2.24, 2.45) is 0 Å². The first-order valence-electron chi connectivity index (χ1n) is 8.69. The van der Waals surface area contributed by atoms with Crippen LogP contribution in [0.1, 0.15) is 21.5 Å². The Hall–Kier alpha value is -3.25. The molecule has 3 rings (SSSR count). The van der Waals surface area contributed by atoms with Crippen LogP contribution in [0.4, 0.5) is 0 Å². The van der Waals surface area contributed by atoms with E-state index in [0.717, 1.165) is 10.9 Å². The van der Waals surface area contributed by atoms with Crippen molar-refractivity contribution in [3.63, 3.8) is 0 Å². The molecule has 3 aromatic carbocycles. The highest BCUT2D eigenvalue weighted by atomic mass is 16.5. The summed E-state index contributed by atoms with van der Waals surface area (Å²) in [6, 6.07) is 14.7. The number of carboxylic acid groups (broad SMARTS) is 1. The zero-order valence-electron chi connectivity index (χ0n) is 16.0. The summed E-state index contributed by atoms with van der Waals surface area (Å²) in [5.41, 5.74) is 1.90. The maximum absolute atomic E-state index is 11.6. The van der Waals surface area contributed by atoms with Crippen molar-refractivity contribution in [1.29, 1.82) is 0 Å². The summed E-state index contributed by atoms with van der Waals surface area (Å²) in [5.74, 6) is 0.377. The van der Waals surface area contributed by atoms with Gasteiger partial charge in [0, 0.05) is 5.39 Å². The molecule has 0 aliphatic heterocycles. The van der Waals surface area contributed by atoms with Crippen LogP contribution in [0.25, 0.3) is 10.8 Å². The van der Waals surface area contributed by atoms with Gasteiger partial charge in [-0.2, -0.15) is 0 Å². The largest absolute Gasteiger partial charge is 0.493 e. The first-order chi connectivity index (χ1) is 13.6. The molecule has 0 amide bonds. The molecule has 0 heterocycles. The van der Waals surface area contributed by atoms with Crippen molar-refractivity contribution in [2.75, 3.05) is 21.3 Å². The number of rotatable bonds is 8. The molecule has 146 valence electrons. The third kappa shape index (κ3) is 3.87. The molecular weight excluding hydrogens is 360 g/mol. The number of fused-ring (bicyclic) bond motifs is 1. The van der Waals surface area contributed by atoms with E-state index in [1.54, 1.807) is 18.2 Å². The molecule has 6 nitrogen and oxygen atoms in total. The molecule has 28 heavy (non-hydrogen) atoms. The first kappa shape index (κ1) is 19.5. The monoisotopic (exact) mass is 382 g/mol. The molecule has 0 saturated carbocycles. The molecule has 3 aromatic rings. The van der Waals surface area contributed by atoms with Crippen LogP contribution in [0.2, 0.25) is 0 Å². The van der Waals surface area contributed by atoms with Crippen molar-refractivity contribution < 1.29 is 28.8 Å². The van der Waals surface area contributed by atoms with Crippen LogP contribution >= 0.6 is 0 Å². The second kappa shape index (κ2) is 8.63. The fraction of sp³-hybridized carbons (Fsp3) is 0.227. The maximum atomic E-state index is 11.6. The van der Waals surface area contributed by atoms with Gasteiger partial charge < -0.3 is 24.1 Å². The van der Waals surface area contributed by atoms with Crippen molar-refractivity contribution in [2.45, 2.75) is 13.2 Å². The van der Waals surface area contributed by atoms with Gasteiger partial charge in [-0.1, -0.05) is 30.3 Å². The van der Waals surface area contributed by atoms with E-state index in [1.165, 1.54) is 21.3 Å². The van der Waals surface area contributed by atoms with Gasteiger partial charge >= 0.3 is 5.97 Å². The molecule has 0 radical (unpaired) electrons. The van der Waals surface area contributed by atoms with E-state index in [0.29, 0.717) is 34.8 Å². The zero-order chi connectivity index (χ0) is 20.1. The Morgan fingerprint density at radius 1 is 0.893 bits per heavy atom. The van der Waals surface area contributed by atoms with E-state index in [4.69, 9.17) is 18.9 Å². The summed E-state index contributed by atoms with van der Waals surface area (Å²) in [5, 5.41) is 10.9. The zero-order valence-corrected chi connectivity index (χ0v) is 16.0. The van der Waals surface area contributed by atoms with Crippen LogP contribution < -0.4 is 14.2 Å². The number of aromatic carboxylic acids is 1.